The molecule has 0 aliphatic carbocycles. The first kappa shape index (κ1) is 26.2. The summed E-state index contributed by atoms with van der Waals surface area (Å²) in [7, 11) is -6.69. The van der Waals surface area contributed by atoms with Crippen molar-refractivity contribution in [3.63, 3.8) is 0 Å². The summed E-state index contributed by atoms with van der Waals surface area (Å²) in [5.74, 6) is 0.170. The number of carbonyl (C=O) groups is 1. The summed E-state index contributed by atoms with van der Waals surface area (Å²) in [5, 5.41) is 0.374. The van der Waals surface area contributed by atoms with Gasteiger partial charge in [0.15, 0.2) is 0 Å². The zero-order valence-electron chi connectivity index (χ0n) is 18.1. The monoisotopic (exact) mass is 481 g/mol. The van der Waals surface area contributed by atoms with E-state index in [0.29, 0.717) is 10.6 Å². The number of amides is 1. The van der Waals surface area contributed by atoms with Crippen LogP contribution in [0.4, 0.5) is 4.79 Å². The van der Waals surface area contributed by atoms with Crippen LogP contribution in [0.5, 0.6) is 5.75 Å². The van der Waals surface area contributed by atoms with E-state index in [1.807, 2.05) is 0 Å². The molecule has 0 saturated carbocycles. The molecule has 2 N–H and O–H groups in total. The van der Waals surface area contributed by atoms with Gasteiger partial charge < -0.3 is 15.0 Å². The molecular weight excluding hydrogens is 449 g/mol. The number of phosphoric ester groups is 1. The van der Waals surface area contributed by atoms with Crippen LogP contribution in [0.3, 0.4) is 0 Å². The topological polar surface area (TPSA) is 97.1 Å². The summed E-state index contributed by atoms with van der Waals surface area (Å²) in [6.07, 6.45) is -0.924. The molecule has 1 aromatic rings. The van der Waals surface area contributed by atoms with Gasteiger partial charge in [0.1, 0.15) is 12.4 Å². The summed E-state index contributed by atoms with van der Waals surface area (Å²) in [6, 6.07) is 6.32. The van der Waals surface area contributed by atoms with Gasteiger partial charge in [-0.25, -0.2) is 9.36 Å². The first-order chi connectivity index (χ1) is 13.2. The summed E-state index contributed by atoms with van der Waals surface area (Å²) in [4.78, 5) is 10.9. The molecule has 0 radical (unpaired) electrons. The minimum absolute atomic E-state index is 0.147. The molecule has 0 saturated heterocycles. The lowest BCUT2D eigenvalue weighted by molar-refractivity contribution is 0.147. The lowest BCUT2D eigenvalue weighted by Crippen LogP contribution is -2.23. The number of halogens is 1. The fourth-order valence-corrected chi connectivity index (χ4v) is 5.17. The molecule has 0 unspecified atom stereocenters. The van der Waals surface area contributed by atoms with Crippen molar-refractivity contribution in [1.29, 1.82) is 0 Å². The van der Waals surface area contributed by atoms with Gasteiger partial charge in [0, 0.05) is 26.7 Å². The fraction of sp³-hybridized carbons (Fsp3) is 0.611. The van der Waals surface area contributed by atoms with Crippen molar-refractivity contribution in [2.45, 2.75) is 58.0 Å². The standard InChI is InChI=1S/C18H33ClNO6PSi2/c1-28(2,3)11-9-24-27(22,25-10-12-29(4,5)6)26-17-13-16(19)8-7-15(17)14-23-18(20)21/h7-8,13H,9-12,14H2,1-6H3,(H2,20,21). The second kappa shape index (κ2) is 11.0. The molecule has 1 amide bonds. The lowest BCUT2D eigenvalue weighted by Gasteiger charge is -2.23. The molecule has 0 aliphatic rings. The lowest BCUT2D eigenvalue weighted by atomic mass is 10.2. The van der Waals surface area contributed by atoms with E-state index in [9.17, 15) is 9.36 Å². The van der Waals surface area contributed by atoms with Gasteiger partial charge in [-0.3, -0.25) is 9.05 Å². The van der Waals surface area contributed by atoms with Crippen molar-refractivity contribution >= 4 is 41.7 Å². The minimum Gasteiger partial charge on any atom is -0.445 e. The number of hydrogen-bond donors (Lipinski definition) is 1. The Morgan fingerprint density at radius 2 is 1.55 bits per heavy atom. The van der Waals surface area contributed by atoms with E-state index in [2.05, 4.69) is 39.3 Å². The summed E-state index contributed by atoms with van der Waals surface area (Å²) >= 11 is 6.06. The second-order valence-electron chi connectivity index (χ2n) is 9.19. The predicted octanol–water partition coefficient (Wildman–Crippen LogP) is 6.13. The second-order valence-corrected chi connectivity index (χ2v) is 22.5. The molecule has 0 aromatic heterocycles. The summed E-state index contributed by atoms with van der Waals surface area (Å²) in [6.45, 7) is 13.6. The van der Waals surface area contributed by atoms with Gasteiger partial charge in [-0.1, -0.05) is 56.9 Å². The highest BCUT2D eigenvalue weighted by Gasteiger charge is 2.31. The molecule has 0 heterocycles. The quantitative estimate of drug-likeness (QED) is 0.285. The number of ether oxygens (including phenoxy) is 1. The molecule has 0 atom stereocenters. The Morgan fingerprint density at radius 1 is 1.03 bits per heavy atom. The van der Waals surface area contributed by atoms with Gasteiger partial charge in [-0.2, -0.15) is 0 Å². The van der Waals surface area contributed by atoms with Crippen molar-refractivity contribution < 1.29 is 27.7 Å². The summed E-state index contributed by atoms with van der Waals surface area (Å²) in [5.41, 5.74) is 5.49. The number of rotatable bonds is 12. The molecule has 1 aromatic carbocycles. The first-order valence-corrected chi connectivity index (χ1v) is 18.7. The molecule has 7 nitrogen and oxygen atoms in total. The number of primary amides is 1. The average molecular weight is 482 g/mol. The number of hydrogen-bond acceptors (Lipinski definition) is 6. The number of carbonyl (C=O) groups excluding carboxylic acids is 1. The number of phosphoric acid groups is 1. The maximum Gasteiger partial charge on any atom is 0.530 e. The largest absolute Gasteiger partial charge is 0.530 e. The Balaban J connectivity index is 3.01. The molecule has 0 fully saturated rings. The molecule has 0 bridgehead atoms. The van der Waals surface area contributed by atoms with E-state index in [-0.39, 0.29) is 25.6 Å². The van der Waals surface area contributed by atoms with E-state index in [1.54, 1.807) is 12.1 Å². The van der Waals surface area contributed by atoms with Gasteiger partial charge in [-0.05, 0) is 24.2 Å². The molecule has 166 valence electrons. The van der Waals surface area contributed by atoms with Crippen LogP contribution in [-0.4, -0.2) is 35.5 Å². The van der Waals surface area contributed by atoms with Gasteiger partial charge in [0.05, 0.1) is 13.2 Å². The van der Waals surface area contributed by atoms with Crippen molar-refractivity contribution in [3.05, 3.63) is 28.8 Å². The van der Waals surface area contributed by atoms with Crippen LogP contribution in [-0.2, 0) is 25.0 Å². The number of benzene rings is 1. The van der Waals surface area contributed by atoms with Gasteiger partial charge >= 0.3 is 13.9 Å². The maximum absolute atomic E-state index is 13.3. The van der Waals surface area contributed by atoms with Gasteiger partial charge in [-0.15, -0.1) is 0 Å². The fourth-order valence-electron chi connectivity index (χ4n) is 2.02. The Morgan fingerprint density at radius 3 is 2.00 bits per heavy atom. The minimum atomic E-state index is -3.89. The summed E-state index contributed by atoms with van der Waals surface area (Å²) < 4.78 is 35.1. The van der Waals surface area contributed by atoms with Crippen LogP contribution in [0, 0.1) is 0 Å². The van der Waals surface area contributed by atoms with Crippen LogP contribution in [0.15, 0.2) is 18.2 Å². The third-order valence-electron chi connectivity index (χ3n) is 3.81. The van der Waals surface area contributed by atoms with Crippen molar-refractivity contribution in [3.8, 4) is 5.75 Å². The number of nitrogens with two attached hydrogens (primary N) is 1. The Bertz CT molecular complexity index is 712. The third kappa shape index (κ3) is 11.8. The Kier molecular flexibility index (Phi) is 9.91. The van der Waals surface area contributed by atoms with Crippen molar-refractivity contribution in [2.24, 2.45) is 5.73 Å². The van der Waals surface area contributed by atoms with Crippen LogP contribution >= 0.6 is 19.4 Å². The Hall–Kier alpha value is -0.836. The zero-order valence-corrected chi connectivity index (χ0v) is 21.8. The maximum atomic E-state index is 13.3. The van der Waals surface area contributed by atoms with Crippen LogP contribution in [0.2, 0.25) is 56.4 Å². The highest BCUT2D eigenvalue weighted by molar-refractivity contribution is 7.49. The van der Waals surface area contributed by atoms with Crippen molar-refractivity contribution in [1.82, 2.24) is 0 Å². The predicted molar refractivity (Wildman–Crippen MR) is 122 cm³/mol. The molecule has 11 heteroatoms. The molecular formula is C18H33ClNO6PSi2. The molecule has 29 heavy (non-hydrogen) atoms. The van der Waals surface area contributed by atoms with E-state index in [0.717, 1.165) is 12.1 Å². The average Bonchev–Trinajstić information content (AvgIpc) is 2.51. The van der Waals surface area contributed by atoms with Gasteiger partial charge in [0.25, 0.3) is 0 Å². The molecule has 0 spiro atoms. The van der Waals surface area contributed by atoms with E-state index >= 15 is 0 Å². The normalized spacial score (nSPS) is 12.7. The molecule has 0 aliphatic heterocycles. The van der Waals surface area contributed by atoms with Crippen molar-refractivity contribution in [2.75, 3.05) is 13.2 Å². The first-order valence-electron chi connectivity index (χ1n) is 9.49. The van der Waals surface area contributed by atoms with E-state index < -0.39 is 30.1 Å². The SMILES string of the molecule is C[Si](C)(C)CCOP(=O)(OCC[Si](C)(C)C)Oc1cc(Cl)ccc1COC(N)=O. The van der Waals surface area contributed by atoms with Crippen LogP contribution in [0.25, 0.3) is 0 Å². The van der Waals surface area contributed by atoms with Crippen LogP contribution < -0.4 is 10.3 Å². The Labute approximate surface area is 180 Å². The third-order valence-corrected chi connectivity index (χ3v) is 8.87. The smallest absolute Gasteiger partial charge is 0.445 e. The highest BCUT2D eigenvalue weighted by atomic mass is 35.5. The van der Waals surface area contributed by atoms with Crippen LogP contribution in [0.1, 0.15) is 5.56 Å². The zero-order chi connectivity index (χ0) is 22.3. The van der Waals surface area contributed by atoms with E-state index in [4.69, 9.17) is 35.6 Å². The van der Waals surface area contributed by atoms with E-state index in [1.165, 1.54) is 6.07 Å². The highest BCUT2D eigenvalue weighted by Crippen LogP contribution is 2.51. The molecule has 1 rings (SSSR count). The van der Waals surface area contributed by atoms with Gasteiger partial charge in [0.2, 0.25) is 0 Å².